The van der Waals surface area contributed by atoms with Crippen LogP contribution in [0.5, 0.6) is 5.75 Å². The Morgan fingerprint density at radius 2 is 1.88 bits per heavy atom. The van der Waals surface area contributed by atoms with E-state index in [4.69, 9.17) is 4.74 Å². The van der Waals surface area contributed by atoms with Gasteiger partial charge >= 0.3 is 5.97 Å². The number of nitrogens with zero attached hydrogens (tertiary/aromatic N) is 1. The lowest BCUT2D eigenvalue weighted by molar-refractivity contribution is 0.0600. The molecule has 26 heavy (non-hydrogen) atoms. The Kier molecular flexibility index (Phi) is 3.84. The van der Waals surface area contributed by atoms with Gasteiger partial charge in [0.05, 0.1) is 18.4 Å². The van der Waals surface area contributed by atoms with Crippen molar-refractivity contribution in [3.05, 3.63) is 71.3 Å². The molecule has 0 radical (unpaired) electrons. The van der Waals surface area contributed by atoms with Gasteiger partial charge in [-0.3, -0.25) is 4.79 Å². The normalized spacial score (nSPS) is 13.6. The average Bonchev–Trinajstić information content (AvgIpc) is 2.67. The standard InChI is InChI=1S/C21H17NO4/c1-26-21(25)14-11-17-16(19(23)12-14)9-10-22(20(17)24)18-8-4-6-13-5-2-3-7-15(13)18/h2-8,11-12,23H,9-10H2,1H3. The third-order valence-electron chi connectivity index (χ3n) is 4.77. The van der Waals surface area contributed by atoms with Crippen LogP contribution < -0.4 is 4.90 Å². The van der Waals surface area contributed by atoms with E-state index in [0.29, 0.717) is 24.1 Å². The van der Waals surface area contributed by atoms with Crippen molar-refractivity contribution >= 4 is 28.3 Å². The molecule has 5 nitrogen and oxygen atoms in total. The largest absolute Gasteiger partial charge is 0.508 e. The van der Waals surface area contributed by atoms with Gasteiger partial charge < -0.3 is 14.7 Å². The van der Waals surface area contributed by atoms with Gasteiger partial charge in [0.15, 0.2) is 0 Å². The summed E-state index contributed by atoms with van der Waals surface area (Å²) >= 11 is 0. The van der Waals surface area contributed by atoms with Gasteiger partial charge in [0, 0.05) is 23.1 Å². The molecule has 1 aliphatic rings. The number of esters is 1. The number of hydrogen-bond donors (Lipinski definition) is 1. The van der Waals surface area contributed by atoms with Crippen LogP contribution in [0.25, 0.3) is 10.8 Å². The number of phenolic OH excluding ortho intramolecular Hbond substituents is 1. The fourth-order valence-electron chi connectivity index (χ4n) is 3.49. The molecule has 0 aromatic heterocycles. The highest BCUT2D eigenvalue weighted by Crippen LogP contribution is 2.34. The first-order chi connectivity index (χ1) is 12.6. The summed E-state index contributed by atoms with van der Waals surface area (Å²) in [4.78, 5) is 26.7. The van der Waals surface area contributed by atoms with Crippen LogP contribution in [-0.4, -0.2) is 30.6 Å². The Hall–Kier alpha value is -3.34. The second kappa shape index (κ2) is 6.19. The van der Waals surface area contributed by atoms with E-state index in [1.54, 1.807) is 4.90 Å². The van der Waals surface area contributed by atoms with Gasteiger partial charge in [-0.25, -0.2) is 4.79 Å². The molecule has 1 aliphatic heterocycles. The Bertz CT molecular complexity index is 1040. The number of phenols is 1. The zero-order chi connectivity index (χ0) is 18.3. The van der Waals surface area contributed by atoms with Crippen LogP contribution >= 0.6 is 0 Å². The molecule has 3 aromatic rings. The molecule has 130 valence electrons. The van der Waals surface area contributed by atoms with E-state index < -0.39 is 5.97 Å². The maximum atomic E-state index is 13.1. The number of amides is 1. The minimum Gasteiger partial charge on any atom is -0.508 e. The number of aromatic hydroxyl groups is 1. The van der Waals surface area contributed by atoms with Crippen LogP contribution in [0.4, 0.5) is 5.69 Å². The first-order valence-corrected chi connectivity index (χ1v) is 8.34. The van der Waals surface area contributed by atoms with Crippen molar-refractivity contribution in [1.82, 2.24) is 0 Å². The molecule has 0 spiro atoms. The molecule has 0 fully saturated rings. The summed E-state index contributed by atoms with van der Waals surface area (Å²) in [5, 5.41) is 12.3. The molecule has 1 amide bonds. The number of carbonyl (C=O) groups excluding carboxylic acids is 2. The van der Waals surface area contributed by atoms with E-state index in [-0.39, 0.29) is 17.2 Å². The average molecular weight is 347 g/mol. The molecule has 0 unspecified atom stereocenters. The Morgan fingerprint density at radius 1 is 1.12 bits per heavy atom. The summed E-state index contributed by atoms with van der Waals surface area (Å²) in [6, 6.07) is 16.6. The fourth-order valence-corrected chi connectivity index (χ4v) is 3.49. The van der Waals surface area contributed by atoms with Crippen molar-refractivity contribution < 1.29 is 19.4 Å². The number of ether oxygens (including phenoxy) is 1. The maximum absolute atomic E-state index is 13.1. The molecular formula is C21H17NO4. The van der Waals surface area contributed by atoms with Crippen LogP contribution in [-0.2, 0) is 11.2 Å². The summed E-state index contributed by atoms with van der Waals surface area (Å²) in [7, 11) is 1.27. The topological polar surface area (TPSA) is 66.8 Å². The van der Waals surface area contributed by atoms with Crippen LogP contribution in [0.15, 0.2) is 54.6 Å². The van der Waals surface area contributed by atoms with Crippen molar-refractivity contribution in [2.24, 2.45) is 0 Å². The SMILES string of the molecule is COC(=O)c1cc(O)c2c(c1)C(=O)N(c1cccc3ccccc13)CC2. The van der Waals surface area contributed by atoms with Gasteiger partial charge in [-0.2, -0.15) is 0 Å². The number of rotatable bonds is 2. The summed E-state index contributed by atoms with van der Waals surface area (Å²) in [6.45, 7) is 0.463. The number of fused-ring (bicyclic) bond motifs is 2. The molecule has 0 atom stereocenters. The minimum absolute atomic E-state index is 0.0474. The molecule has 0 aliphatic carbocycles. The zero-order valence-corrected chi connectivity index (χ0v) is 14.2. The van der Waals surface area contributed by atoms with Gasteiger partial charge in [0.25, 0.3) is 5.91 Å². The third-order valence-corrected chi connectivity index (χ3v) is 4.77. The van der Waals surface area contributed by atoms with Gasteiger partial charge in [0.1, 0.15) is 5.75 Å². The first-order valence-electron chi connectivity index (χ1n) is 8.34. The smallest absolute Gasteiger partial charge is 0.338 e. The molecule has 1 N–H and O–H groups in total. The monoisotopic (exact) mass is 347 g/mol. The van der Waals surface area contributed by atoms with E-state index in [9.17, 15) is 14.7 Å². The number of benzene rings is 3. The molecular weight excluding hydrogens is 330 g/mol. The minimum atomic E-state index is -0.585. The van der Waals surface area contributed by atoms with Gasteiger partial charge in [-0.15, -0.1) is 0 Å². The van der Waals surface area contributed by atoms with Crippen molar-refractivity contribution in [2.45, 2.75) is 6.42 Å². The summed E-state index contributed by atoms with van der Waals surface area (Å²) in [5.74, 6) is -0.865. The lowest BCUT2D eigenvalue weighted by Crippen LogP contribution is -2.38. The maximum Gasteiger partial charge on any atom is 0.338 e. The second-order valence-electron chi connectivity index (χ2n) is 6.22. The zero-order valence-electron chi connectivity index (χ0n) is 14.2. The van der Waals surface area contributed by atoms with Crippen molar-refractivity contribution in [3.8, 4) is 5.75 Å². The first kappa shape index (κ1) is 16.1. The highest BCUT2D eigenvalue weighted by atomic mass is 16.5. The molecule has 0 saturated heterocycles. The molecule has 0 saturated carbocycles. The number of hydrogen-bond acceptors (Lipinski definition) is 4. The number of methoxy groups -OCH3 is 1. The van der Waals surface area contributed by atoms with Crippen molar-refractivity contribution in [3.63, 3.8) is 0 Å². The third kappa shape index (κ3) is 2.49. The van der Waals surface area contributed by atoms with E-state index in [2.05, 4.69) is 0 Å². The lowest BCUT2D eigenvalue weighted by atomic mass is 9.94. The predicted octanol–water partition coefficient (Wildman–Crippen LogP) is 3.53. The molecule has 4 rings (SSSR count). The van der Waals surface area contributed by atoms with E-state index in [0.717, 1.165) is 16.5 Å². The van der Waals surface area contributed by atoms with Gasteiger partial charge in [0.2, 0.25) is 0 Å². The number of carbonyl (C=O) groups is 2. The quantitative estimate of drug-likeness (QED) is 0.720. The highest BCUT2D eigenvalue weighted by molar-refractivity contribution is 6.13. The molecule has 3 aromatic carbocycles. The van der Waals surface area contributed by atoms with Crippen molar-refractivity contribution in [1.29, 1.82) is 0 Å². The Labute approximate surface area is 150 Å². The predicted molar refractivity (Wildman–Crippen MR) is 98.8 cm³/mol. The molecule has 5 heteroatoms. The van der Waals surface area contributed by atoms with E-state index in [1.807, 2.05) is 42.5 Å². The highest BCUT2D eigenvalue weighted by Gasteiger charge is 2.29. The Morgan fingerprint density at radius 3 is 2.69 bits per heavy atom. The van der Waals surface area contributed by atoms with Crippen molar-refractivity contribution in [2.75, 3.05) is 18.6 Å². The summed E-state index contributed by atoms with van der Waals surface area (Å²) in [5.41, 5.74) is 1.89. The molecule has 1 heterocycles. The van der Waals surface area contributed by atoms with Crippen LogP contribution in [0.3, 0.4) is 0 Å². The van der Waals surface area contributed by atoms with Gasteiger partial charge in [-0.05, 0) is 30.0 Å². The summed E-state index contributed by atoms with van der Waals surface area (Å²) in [6.07, 6.45) is 0.511. The fraction of sp³-hybridized carbons (Fsp3) is 0.143. The van der Waals surface area contributed by atoms with Gasteiger partial charge in [-0.1, -0.05) is 36.4 Å². The molecule has 0 bridgehead atoms. The lowest BCUT2D eigenvalue weighted by Gasteiger charge is -2.30. The van der Waals surface area contributed by atoms with E-state index in [1.165, 1.54) is 19.2 Å². The van der Waals surface area contributed by atoms with Crippen LogP contribution in [0.1, 0.15) is 26.3 Å². The van der Waals surface area contributed by atoms with E-state index >= 15 is 0 Å². The van der Waals surface area contributed by atoms with Crippen LogP contribution in [0, 0.1) is 0 Å². The Balaban J connectivity index is 1.83. The number of anilines is 1. The second-order valence-corrected chi connectivity index (χ2v) is 6.22. The van der Waals surface area contributed by atoms with Crippen LogP contribution in [0.2, 0.25) is 0 Å². The summed E-state index contributed by atoms with van der Waals surface area (Å²) < 4.78 is 4.71.